The largest absolute Gasteiger partial charge is 0.409 e. The van der Waals surface area contributed by atoms with Gasteiger partial charge in [0.25, 0.3) is 10.0 Å². The highest BCUT2D eigenvalue weighted by molar-refractivity contribution is 7.92. The van der Waals surface area contributed by atoms with Crippen LogP contribution in [-0.4, -0.2) is 29.7 Å². The van der Waals surface area contributed by atoms with E-state index in [2.05, 4.69) is 20.1 Å². The number of oxime groups is 1. The second-order valence-electron chi connectivity index (χ2n) is 3.83. The number of hydrogen-bond acceptors (Lipinski definition) is 5. The molecule has 2 rings (SSSR count). The highest BCUT2D eigenvalue weighted by Crippen LogP contribution is 2.26. The van der Waals surface area contributed by atoms with E-state index in [1.54, 1.807) is 0 Å². The zero-order chi connectivity index (χ0) is 15.6. The molecule has 5 N–H and O–H groups in total. The smallest absolute Gasteiger partial charge is 0.263 e. The first-order valence-electron chi connectivity index (χ1n) is 5.34. The first kappa shape index (κ1) is 15.4. The highest BCUT2D eigenvalue weighted by Gasteiger charge is 2.19. The molecule has 0 aliphatic rings. The van der Waals surface area contributed by atoms with Crippen LogP contribution in [0.4, 0.5) is 5.82 Å². The van der Waals surface area contributed by atoms with Crippen LogP contribution in [0, 0.1) is 0 Å². The Labute approximate surface area is 129 Å². The van der Waals surface area contributed by atoms with E-state index >= 15 is 0 Å². The van der Waals surface area contributed by atoms with E-state index in [-0.39, 0.29) is 32.2 Å². The topological polar surface area (TPSA) is 133 Å². The van der Waals surface area contributed by atoms with Crippen molar-refractivity contribution < 1.29 is 13.6 Å². The fourth-order valence-electron chi connectivity index (χ4n) is 1.45. The summed E-state index contributed by atoms with van der Waals surface area (Å²) in [4.78, 5) is -0.100. The normalized spacial score (nSPS) is 12.4. The van der Waals surface area contributed by atoms with Gasteiger partial charge in [0, 0.05) is 0 Å². The lowest BCUT2D eigenvalue weighted by Gasteiger charge is -2.08. The van der Waals surface area contributed by atoms with Gasteiger partial charge < -0.3 is 10.9 Å². The fourth-order valence-corrected chi connectivity index (χ4v) is 2.87. The van der Waals surface area contributed by atoms with Crippen molar-refractivity contribution in [3.05, 3.63) is 40.0 Å². The quantitative estimate of drug-likeness (QED) is 0.288. The van der Waals surface area contributed by atoms with E-state index in [0.29, 0.717) is 0 Å². The van der Waals surface area contributed by atoms with Gasteiger partial charge in [0.1, 0.15) is 5.82 Å². The van der Waals surface area contributed by atoms with E-state index in [1.807, 2.05) is 0 Å². The molecule has 1 heterocycles. The Morgan fingerprint density at radius 1 is 1.38 bits per heavy atom. The molecule has 0 radical (unpaired) electrons. The second kappa shape index (κ2) is 5.80. The number of amidine groups is 1. The number of aromatic nitrogens is 2. The average molecular weight is 350 g/mol. The van der Waals surface area contributed by atoms with Crippen LogP contribution in [0.15, 0.2) is 34.4 Å². The SMILES string of the molecule is NC(=NO)c1cn[nH]c1NS(=O)(=O)c1ccc(Cl)c(Cl)c1. The molecule has 2 aromatic rings. The first-order chi connectivity index (χ1) is 9.85. The van der Waals surface area contributed by atoms with Crippen LogP contribution in [0.1, 0.15) is 5.56 Å². The molecule has 0 atom stereocenters. The van der Waals surface area contributed by atoms with Crippen molar-refractivity contribution in [2.45, 2.75) is 4.90 Å². The van der Waals surface area contributed by atoms with Crippen LogP contribution < -0.4 is 10.5 Å². The zero-order valence-electron chi connectivity index (χ0n) is 10.2. The van der Waals surface area contributed by atoms with Crippen molar-refractivity contribution in [2.24, 2.45) is 10.9 Å². The maximum atomic E-state index is 12.2. The molecule has 0 saturated carbocycles. The van der Waals surface area contributed by atoms with Gasteiger partial charge in [-0.15, -0.1) is 0 Å². The number of nitrogens with two attached hydrogens (primary N) is 1. The molecular weight excluding hydrogens is 341 g/mol. The van der Waals surface area contributed by atoms with Crippen LogP contribution in [0.25, 0.3) is 0 Å². The summed E-state index contributed by atoms with van der Waals surface area (Å²) in [5.41, 5.74) is 5.51. The van der Waals surface area contributed by atoms with Crippen molar-refractivity contribution in [3.63, 3.8) is 0 Å². The lowest BCUT2D eigenvalue weighted by atomic mass is 10.3. The second-order valence-corrected chi connectivity index (χ2v) is 6.32. The maximum absolute atomic E-state index is 12.2. The molecule has 0 unspecified atom stereocenters. The number of halogens is 2. The summed E-state index contributed by atoms with van der Waals surface area (Å²) in [7, 11) is -3.94. The summed E-state index contributed by atoms with van der Waals surface area (Å²) < 4.78 is 26.7. The lowest BCUT2D eigenvalue weighted by molar-refractivity contribution is 0.318. The molecule has 112 valence electrons. The van der Waals surface area contributed by atoms with Gasteiger partial charge in [-0.3, -0.25) is 9.82 Å². The third-order valence-corrected chi connectivity index (χ3v) is 4.55. The standard InChI is InChI=1S/C10H9Cl2N5O3S/c11-7-2-1-5(3-8(7)12)21(19,20)17-10-6(4-14-15-10)9(13)16-18/h1-4,18H,(H2,13,16)(H2,14,15,17). The molecule has 0 aliphatic carbocycles. The first-order valence-corrected chi connectivity index (χ1v) is 7.58. The number of H-pyrrole nitrogens is 1. The summed E-state index contributed by atoms with van der Waals surface area (Å²) in [5.74, 6) is -0.341. The van der Waals surface area contributed by atoms with Gasteiger partial charge in [-0.05, 0) is 18.2 Å². The minimum absolute atomic E-state index is 0.0450. The third-order valence-electron chi connectivity index (χ3n) is 2.46. The van der Waals surface area contributed by atoms with Crippen LogP contribution in [0.3, 0.4) is 0 Å². The monoisotopic (exact) mass is 349 g/mol. The summed E-state index contributed by atoms with van der Waals surface area (Å²) in [5, 5.41) is 17.8. The molecule has 0 amide bonds. The van der Waals surface area contributed by atoms with E-state index in [4.69, 9.17) is 34.1 Å². The molecule has 1 aromatic carbocycles. The number of sulfonamides is 1. The van der Waals surface area contributed by atoms with Gasteiger partial charge in [-0.1, -0.05) is 28.4 Å². The van der Waals surface area contributed by atoms with Crippen molar-refractivity contribution in [3.8, 4) is 0 Å². The molecular formula is C10H9Cl2N5O3S. The number of aromatic amines is 1. The molecule has 21 heavy (non-hydrogen) atoms. The number of benzene rings is 1. The van der Waals surface area contributed by atoms with Crippen molar-refractivity contribution >= 4 is 44.9 Å². The average Bonchev–Trinajstić information content (AvgIpc) is 2.88. The van der Waals surface area contributed by atoms with Crippen LogP contribution >= 0.6 is 23.2 Å². The number of rotatable bonds is 4. The van der Waals surface area contributed by atoms with Crippen LogP contribution in [0.5, 0.6) is 0 Å². The van der Waals surface area contributed by atoms with E-state index < -0.39 is 10.0 Å². The van der Waals surface area contributed by atoms with E-state index in [0.717, 1.165) is 0 Å². The highest BCUT2D eigenvalue weighted by atomic mass is 35.5. The van der Waals surface area contributed by atoms with Crippen molar-refractivity contribution in [2.75, 3.05) is 4.72 Å². The Kier molecular flexibility index (Phi) is 4.26. The van der Waals surface area contributed by atoms with E-state index in [9.17, 15) is 8.42 Å². The molecule has 0 spiro atoms. The van der Waals surface area contributed by atoms with Gasteiger partial charge >= 0.3 is 0 Å². The Morgan fingerprint density at radius 3 is 2.71 bits per heavy atom. The number of hydrogen-bond donors (Lipinski definition) is 4. The van der Waals surface area contributed by atoms with Gasteiger partial charge in [0.2, 0.25) is 0 Å². The Morgan fingerprint density at radius 2 is 2.10 bits per heavy atom. The number of anilines is 1. The van der Waals surface area contributed by atoms with Gasteiger partial charge in [-0.25, -0.2) is 8.42 Å². The summed E-state index contributed by atoms with van der Waals surface area (Å²) >= 11 is 11.5. The molecule has 0 saturated heterocycles. The predicted octanol–water partition coefficient (Wildman–Crippen LogP) is 1.61. The maximum Gasteiger partial charge on any atom is 0.263 e. The minimum atomic E-state index is -3.94. The Hall–Kier alpha value is -1.97. The number of nitrogens with one attached hydrogen (secondary N) is 2. The zero-order valence-corrected chi connectivity index (χ0v) is 12.5. The molecule has 0 fully saturated rings. The molecule has 0 aliphatic heterocycles. The fraction of sp³-hybridized carbons (Fsp3) is 0. The van der Waals surface area contributed by atoms with Gasteiger partial charge in [-0.2, -0.15) is 5.10 Å². The minimum Gasteiger partial charge on any atom is -0.409 e. The lowest BCUT2D eigenvalue weighted by Crippen LogP contribution is -2.18. The van der Waals surface area contributed by atoms with Crippen LogP contribution in [-0.2, 0) is 10.0 Å². The Balaban J connectivity index is 2.38. The van der Waals surface area contributed by atoms with Crippen molar-refractivity contribution in [1.82, 2.24) is 10.2 Å². The van der Waals surface area contributed by atoms with Crippen LogP contribution in [0.2, 0.25) is 10.0 Å². The molecule has 1 aromatic heterocycles. The molecule has 8 nitrogen and oxygen atoms in total. The summed E-state index contributed by atoms with van der Waals surface area (Å²) in [6.45, 7) is 0. The molecule has 0 bridgehead atoms. The predicted molar refractivity (Wildman–Crippen MR) is 78.4 cm³/mol. The number of nitrogens with zero attached hydrogens (tertiary/aromatic N) is 2. The third kappa shape index (κ3) is 3.20. The van der Waals surface area contributed by atoms with Gasteiger partial charge in [0.05, 0.1) is 26.7 Å². The Bertz CT molecular complexity index is 803. The molecule has 11 heteroatoms. The van der Waals surface area contributed by atoms with E-state index in [1.165, 1.54) is 24.4 Å². The van der Waals surface area contributed by atoms with Gasteiger partial charge in [0.15, 0.2) is 5.84 Å². The summed E-state index contributed by atoms with van der Waals surface area (Å²) in [6, 6.07) is 3.84. The van der Waals surface area contributed by atoms with Crippen molar-refractivity contribution in [1.29, 1.82) is 0 Å². The summed E-state index contributed by atoms with van der Waals surface area (Å²) in [6.07, 6.45) is 1.21.